The molecule has 0 amide bonds. The zero-order valence-electron chi connectivity index (χ0n) is 16.9. The largest absolute Gasteiger partial charge is 0.379 e. The maximum absolute atomic E-state index is 12.2. The second kappa shape index (κ2) is 6.48. The van der Waals surface area contributed by atoms with Crippen LogP contribution in [0.25, 0.3) is 16.8 Å². The predicted molar refractivity (Wildman–Crippen MR) is 114 cm³/mol. The highest BCUT2D eigenvalue weighted by Gasteiger charge is 2.39. The molecule has 3 heterocycles. The van der Waals surface area contributed by atoms with E-state index in [-0.39, 0.29) is 16.8 Å². The van der Waals surface area contributed by atoms with E-state index in [0.717, 1.165) is 60.3 Å². The fraction of sp³-hybridized carbons (Fsp3) is 0.500. The molecule has 154 valence electrons. The van der Waals surface area contributed by atoms with E-state index in [0.29, 0.717) is 30.0 Å². The Kier molecular flexibility index (Phi) is 3.85. The van der Waals surface area contributed by atoms with Crippen molar-refractivity contribution in [1.82, 2.24) is 24.6 Å². The number of aromatic amines is 1. The van der Waals surface area contributed by atoms with Crippen LogP contribution in [0.15, 0.2) is 28.0 Å². The van der Waals surface area contributed by atoms with Crippen LogP contribution in [0.5, 0.6) is 0 Å². The van der Waals surface area contributed by atoms with Gasteiger partial charge in [-0.05, 0) is 50.0 Å². The smallest absolute Gasteiger partial charge is 0.249 e. The van der Waals surface area contributed by atoms with Crippen molar-refractivity contribution in [3.63, 3.8) is 0 Å². The zero-order valence-corrected chi connectivity index (χ0v) is 16.9. The van der Waals surface area contributed by atoms with Gasteiger partial charge in [0.2, 0.25) is 10.9 Å². The molecule has 0 aliphatic heterocycles. The second-order valence-corrected chi connectivity index (χ2v) is 8.97. The maximum atomic E-state index is 12.2. The Hall–Kier alpha value is -3.03. The molecule has 6 rings (SSSR count). The van der Waals surface area contributed by atoms with Crippen LogP contribution in [0, 0.1) is 11.8 Å². The molecule has 2 saturated carbocycles. The molecular formula is C22H24N6O2. The Morgan fingerprint density at radius 2 is 2.07 bits per heavy atom. The molecule has 0 spiro atoms. The van der Waals surface area contributed by atoms with Gasteiger partial charge in [0.1, 0.15) is 5.82 Å². The van der Waals surface area contributed by atoms with Gasteiger partial charge in [-0.15, -0.1) is 10.2 Å². The van der Waals surface area contributed by atoms with E-state index in [9.17, 15) is 9.59 Å². The third kappa shape index (κ3) is 2.62. The standard InChI is InChI=1S/C22H24N6O2/c1-2-12-7-11(9-15-18(20(30)19(15)29)25-13-3-4-13)8-14(12)22-27-26-17-10-24-21-16(28(17)22)5-6-23-21/h5-6,10-14,23,25H,2-4,7-9H2,1H3/t11-,12+,14?/m0/s1. The first-order valence-electron chi connectivity index (χ1n) is 10.9. The van der Waals surface area contributed by atoms with Crippen LogP contribution >= 0.6 is 0 Å². The molecule has 1 aromatic carbocycles. The molecule has 0 radical (unpaired) electrons. The van der Waals surface area contributed by atoms with Crippen molar-refractivity contribution < 1.29 is 0 Å². The van der Waals surface area contributed by atoms with Gasteiger partial charge < -0.3 is 10.3 Å². The molecule has 2 fully saturated rings. The zero-order chi connectivity index (χ0) is 20.4. The van der Waals surface area contributed by atoms with Gasteiger partial charge in [0, 0.05) is 23.7 Å². The van der Waals surface area contributed by atoms with Crippen molar-refractivity contribution >= 4 is 22.5 Å². The Balaban J connectivity index is 1.31. The Morgan fingerprint density at radius 1 is 1.20 bits per heavy atom. The molecule has 8 heteroatoms. The highest BCUT2D eigenvalue weighted by atomic mass is 16.2. The van der Waals surface area contributed by atoms with Crippen LogP contribution < -0.4 is 16.2 Å². The topological polar surface area (TPSA) is 105 Å². The van der Waals surface area contributed by atoms with Gasteiger partial charge in [-0.25, -0.2) is 4.98 Å². The van der Waals surface area contributed by atoms with Gasteiger partial charge in [0.05, 0.1) is 17.4 Å². The van der Waals surface area contributed by atoms with E-state index in [2.05, 4.69) is 36.8 Å². The van der Waals surface area contributed by atoms with Crippen molar-refractivity contribution in [1.29, 1.82) is 0 Å². The molecule has 3 aromatic heterocycles. The third-order valence-corrected chi connectivity index (χ3v) is 7.04. The lowest BCUT2D eigenvalue weighted by atomic mass is 9.92. The van der Waals surface area contributed by atoms with Crippen LogP contribution in [0.1, 0.15) is 56.3 Å². The SMILES string of the molecule is CC[C@@H]1C[C@H](Cc2c(NC3CC3)c(=O)c2=O)CC1c1nnc2cnc3[nH]ccc3n12. The summed E-state index contributed by atoms with van der Waals surface area (Å²) >= 11 is 0. The van der Waals surface area contributed by atoms with E-state index in [1.165, 1.54) is 0 Å². The molecule has 2 N–H and O–H groups in total. The maximum Gasteiger partial charge on any atom is 0.249 e. The molecule has 1 unspecified atom stereocenters. The van der Waals surface area contributed by atoms with E-state index in [4.69, 9.17) is 0 Å². The first-order chi connectivity index (χ1) is 14.6. The molecule has 2 aliphatic carbocycles. The molecule has 30 heavy (non-hydrogen) atoms. The van der Waals surface area contributed by atoms with Gasteiger partial charge in [-0.2, -0.15) is 0 Å². The van der Waals surface area contributed by atoms with Crippen LogP contribution in [0.3, 0.4) is 0 Å². The van der Waals surface area contributed by atoms with Crippen molar-refractivity contribution in [2.75, 3.05) is 5.32 Å². The Labute approximate surface area is 172 Å². The summed E-state index contributed by atoms with van der Waals surface area (Å²) in [4.78, 5) is 31.8. The third-order valence-electron chi connectivity index (χ3n) is 7.04. The second-order valence-electron chi connectivity index (χ2n) is 8.97. The van der Waals surface area contributed by atoms with Crippen molar-refractivity contribution in [2.24, 2.45) is 11.8 Å². The van der Waals surface area contributed by atoms with E-state index in [1.54, 1.807) is 6.20 Å². The highest BCUT2D eigenvalue weighted by molar-refractivity contribution is 5.74. The van der Waals surface area contributed by atoms with Crippen LogP contribution in [-0.2, 0) is 6.42 Å². The molecule has 2 aliphatic rings. The molecule has 0 bridgehead atoms. The number of hydrogen-bond donors (Lipinski definition) is 2. The lowest BCUT2D eigenvalue weighted by molar-refractivity contribution is 0.444. The number of H-pyrrole nitrogens is 1. The number of hydrogen-bond acceptors (Lipinski definition) is 6. The summed E-state index contributed by atoms with van der Waals surface area (Å²) < 4.78 is 2.12. The fourth-order valence-electron chi connectivity index (χ4n) is 5.32. The lowest BCUT2D eigenvalue weighted by Crippen LogP contribution is -2.39. The average Bonchev–Trinajstić information content (AvgIpc) is 3.15. The molecular weight excluding hydrogens is 380 g/mol. The number of aromatic nitrogens is 5. The Morgan fingerprint density at radius 3 is 2.87 bits per heavy atom. The van der Waals surface area contributed by atoms with Crippen molar-refractivity contribution in [2.45, 2.75) is 57.4 Å². The number of anilines is 1. The first kappa shape index (κ1) is 17.8. The van der Waals surface area contributed by atoms with E-state index in [1.807, 2.05) is 12.3 Å². The van der Waals surface area contributed by atoms with Gasteiger partial charge in [0.25, 0.3) is 0 Å². The fourth-order valence-corrected chi connectivity index (χ4v) is 5.32. The summed E-state index contributed by atoms with van der Waals surface area (Å²) in [5.41, 5.74) is 3.26. The van der Waals surface area contributed by atoms with Gasteiger partial charge in [-0.3, -0.25) is 14.0 Å². The average molecular weight is 404 g/mol. The first-order valence-corrected chi connectivity index (χ1v) is 10.9. The predicted octanol–water partition coefficient (Wildman–Crippen LogP) is 2.54. The van der Waals surface area contributed by atoms with Gasteiger partial charge >= 0.3 is 0 Å². The summed E-state index contributed by atoms with van der Waals surface area (Å²) in [6.45, 7) is 2.22. The monoisotopic (exact) mass is 404 g/mol. The summed E-state index contributed by atoms with van der Waals surface area (Å²) in [6.07, 6.45) is 9.54. The minimum absolute atomic E-state index is 0.279. The highest BCUT2D eigenvalue weighted by Crippen LogP contribution is 2.46. The number of nitrogens with one attached hydrogen (secondary N) is 2. The number of rotatable bonds is 6. The number of fused-ring (bicyclic) bond motifs is 3. The van der Waals surface area contributed by atoms with Crippen LogP contribution in [0.2, 0.25) is 0 Å². The number of nitrogens with zero attached hydrogens (tertiary/aromatic N) is 4. The summed E-state index contributed by atoms with van der Waals surface area (Å²) in [5.74, 6) is 2.12. The summed E-state index contributed by atoms with van der Waals surface area (Å²) in [5, 5.41) is 12.2. The Bertz CT molecular complexity index is 1320. The van der Waals surface area contributed by atoms with E-state index < -0.39 is 0 Å². The minimum atomic E-state index is -0.329. The lowest BCUT2D eigenvalue weighted by Gasteiger charge is -2.16. The van der Waals surface area contributed by atoms with Crippen LogP contribution in [-0.4, -0.2) is 30.6 Å². The quantitative estimate of drug-likeness (QED) is 0.479. The van der Waals surface area contributed by atoms with Gasteiger partial charge in [-0.1, -0.05) is 13.3 Å². The normalized spacial score (nSPS) is 24.4. The van der Waals surface area contributed by atoms with E-state index >= 15 is 0 Å². The van der Waals surface area contributed by atoms with Gasteiger partial charge in [0.15, 0.2) is 11.3 Å². The van der Waals surface area contributed by atoms with Crippen molar-refractivity contribution in [3.8, 4) is 0 Å². The van der Waals surface area contributed by atoms with Crippen molar-refractivity contribution in [3.05, 3.63) is 50.3 Å². The summed E-state index contributed by atoms with van der Waals surface area (Å²) in [7, 11) is 0. The van der Waals surface area contributed by atoms with Crippen LogP contribution in [0.4, 0.5) is 5.69 Å². The summed E-state index contributed by atoms with van der Waals surface area (Å²) in [6, 6.07) is 2.39. The minimum Gasteiger partial charge on any atom is -0.379 e. The molecule has 0 saturated heterocycles. The molecule has 3 atom stereocenters. The molecule has 8 nitrogen and oxygen atoms in total. The molecule has 4 aromatic rings.